The normalized spacial score (nSPS) is 9.75. The summed E-state index contributed by atoms with van der Waals surface area (Å²) in [5.74, 6) is 0.962. The number of aromatic nitrogens is 2. The molecule has 1 rings (SSSR count). The van der Waals surface area contributed by atoms with Crippen LogP contribution in [0, 0.1) is 0 Å². The van der Waals surface area contributed by atoms with E-state index in [1.165, 1.54) is 6.20 Å². The maximum Gasteiger partial charge on any atom is 0.134 e. The first-order chi connectivity index (χ1) is 5.77. The van der Waals surface area contributed by atoms with Crippen molar-refractivity contribution in [2.75, 3.05) is 5.73 Å². The molecule has 0 aliphatic carbocycles. The number of anilines is 1. The average Bonchev–Trinajstić information content (AvgIpc) is 2.05. The smallest absolute Gasteiger partial charge is 0.134 e. The van der Waals surface area contributed by atoms with Crippen LogP contribution in [0.1, 0.15) is 11.4 Å². The van der Waals surface area contributed by atoms with E-state index in [1.807, 2.05) is 0 Å². The molecule has 64 valence electrons. The van der Waals surface area contributed by atoms with Crippen LogP contribution in [0.2, 0.25) is 0 Å². The molecule has 0 aliphatic heterocycles. The van der Waals surface area contributed by atoms with Crippen molar-refractivity contribution in [2.45, 2.75) is 13.0 Å². The van der Waals surface area contributed by atoms with Crippen molar-refractivity contribution in [1.29, 1.82) is 0 Å². The fourth-order valence-electron chi connectivity index (χ4n) is 0.808. The molecule has 1 aromatic heterocycles. The summed E-state index contributed by atoms with van der Waals surface area (Å²) in [6.07, 6.45) is 3.82. The molecular weight excluding hydrogens is 154 g/mol. The van der Waals surface area contributed by atoms with Gasteiger partial charge >= 0.3 is 0 Å². The molecular formula is C8H11N3O. The first-order valence-electron chi connectivity index (χ1n) is 3.60. The number of nitrogen functional groups attached to an aromatic ring is 1. The van der Waals surface area contributed by atoms with Gasteiger partial charge in [-0.05, 0) is 0 Å². The van der Waals surface area contributed by atoms with Gasteiger partial charge < -0.3 is 10.8 Å². The summed E-state index contributed by atoms with van der Waals surface area (Å²) in [6.45, 7) is 3.43. The maximum atomic E-state index is 8.76. The highest BCUT2D eigenvalue weighted by Crippen LogP contribution is 2.06. The van der Waals surface area contributed by atoms with Gasteiger partial charge in [0, 0.05) is 18.2 Å². The number of aliphatic hydroxyl groups is 1. The van der Waals surface area contributed by atoms with Crippen molar-refractivity contribution >= 4 is 5.82 Å². The lowest BCUT2D eigenvalue weighted by Crippen LogP contribution is -2.03. The third kappa shape index (κ3) is 1.79. The van der Waals surface area contributed by atoms with E-state index in [9.17, 15) is 0 Å². The molecule has 0 radical (unpaired) electrons. The third-order valence-electron chi connectivity index (χ3n) is 1.45. The summed E-state index contributed by atoms with van der Waals surface area (Å²) < 4.78 is 0. The number of hydrogen-bond donors (Lipinski definition) is 2. The lowest BCUT2D eigenvalue weighted by atomic mass is 10.3. The molecule has 0 unspecified atom stereocenters. The van der Waals surface area contributed by atoms with Gasteiger partial charge in [-0.1, -0.05) is 6.08 Å². The van der Waals surface area contributed by atoms with Gasteiger partial charge in [-0.15, -0.1) is 6.58 Å². The molecule has 0 amide bonds. The molecule has 0 atom stereocenters. The molecule has 0 saturated carbocycles. The standard InChI is InChI=1S/C8H11N3O/c1-2-3-7-10-4-6(5-12)8(9)11-7/h2,4,12H,1,3,5H2,(H2,9,10,11). The van der Waals surface area contributed by atoms with E-state index < -0.39 is 0 Å². The largest absolute Gasteiger partial charge is 0.391 e. The summed E-state index contributed by atoms with van der Waals surface area (Å²) in [7, 11) is 0. The van der Waals surface area contributed by atoms with E-state index in [4.69, 9.17) is 10.8 Å². The minimum Gasteiger partial charge on any atom is -0.391 e. The predicted molar refractivity (Wildman–Crippen MR) is 46.3 cm³/mol. The van der Waals surface area contributed by atoms with Crippen LogP contribution in [0.3, 0.4) is 0 Å². The lowest BCUT2D eigenvalue weighted by Gasteiger charge is -2.01. The van der Waals surface area contributed by atoms with Crippen molar-refractivity contribution in [3.05, 3.63) is 30.2 Å². The number of nitrogens with zero attached hydrogens (tertiary/aromatic N) is 2. The van der Waals surface area contributed by atoms with Gasteiger partial charge in [-0.3, -0.25) is 0 Å². The number of rotatable bonds is 3. The van der Waals surface area contributed by atoms with E-state index in [0.29, 0.717) is 23.6 Å². The third-order valence-corrected chi connectivity index (χ3v) is 1.45. The van der Waals surface area contributed by atoms with Crippen molar-refractivity contribution in [2.24, 2.45) is 0 Å². The number of allylic oxidation sites excluding steroid dienone is 1. The Labute approximate surface area is 70.8 Å². The minimum absolute atomic E-state index is 0.125. The Bertz CT molecular complexity index is 286. The predicted octanol–water partition coefficient (Wildman–Crippen LogP) is 0.280. The highest BCUT2D eigenvalue weighted by Gasteiger charge is 2.00. The first kappa shape index (κ1) is 8.67. The quantitative estimate of drug-likeness (QED) is 0.631. The lowest BCUT2D eigenvalue weighted by molar-refractivity contribution is 0.281. The Balaban J connectivity index is 2.93. The van der Waals surface area contributed by atoms with Crippen LogP contribution in [0.25, 0.3) is 0 Å². The molecule has 0 aliphatic rings. The zero-order chi connectivity index (χ0) is 8.97. The Morgan fingerprint density at radius 3 is 2.92 bits per heavy atom. The molecule has 1 aromatic rings. The number of nitrogens with two attached hydrogens (primary N) is 1. The van der Waals surface area contributed by atoms with Crippen LogP contribution >= 0.6 is 0 Å². The van der Waals surface area contributed by atoms with E-state index in [1.54, 1.807) is 6.08 Å². The summed E-state index contributed by atoms with van der Waals surface area (Å²) in [4.78, 5) is 7.95. The highest BCUT2D eigenvalue weighted by atomic mass is 16.3. The van der Waals surface area contributed by atoms with Gasteiger partial charge in [0.2, 0.25) is 0 Å². The average molecular weight is 165 g/mol. The summed E-state index contributed by atoms with van der Waals surface area (Å²) >= 11 is 0. The second kappa shape index (κ2) is 3.82. The second-order valence-electron chi connectivity index (χ2n) is 2.35. The fraction of sp³-hybridized carbons (Fsp3) is 0.250. The fourth-order valence-corrected chi connectivity index (χ4v) is 0.808. The van der Waals surface area contributed by atoms with Crippen LogP contribution in [0.5, 0.6) is 0 Å². The zero-order valence-electron chi connectivity index (χ0n) is 6.70. The molecule has 1 heterocycles. The van der Waals surface area contributed by atoms with E-state index >= 15 is 0 Å². The van der Waals surface area contributed by atoms with Crippen LogP contribution in [0.15, 0.2) is 18.9 Å². The molecule has 4 heteroatoms. The SMILES string of the molecule is C=CCc1ncc(CO)c(N)n1. The van der Waals surface area contributed by atoms with E-state index in [2.05, 4.69) is 16.5 Å². The monoisotopic (exact) mass is 165 g/mol. The Morgan fingerprint density at radius 2 is 2.42 bits per heavy atom. The van der Waals surface area contributed by atoms with Gasteiger partial charge in [0.15, 0.2) is 0 Å². The first-order valence-corrected chi connectivity index (χ1v) is 3.60. The molecule has 0 fully saturated rings. The van der Waals surface area contributed by atoms with Crippen LogP contribution in [0.4, 0.5) is 5.82 Å². The Kier molecular flexibility index (Phi) is 2.76. The second-order valence-corrected chi connectivity index (χ2v) is 2.35. The Morgan fingerprint density at radius 1 is 1.67 bits per heavy atom. The maximum absolute atomic E-state index is 8.76. The van der Waals surface area contributed by atoms with Crippen LogP contribution in [-0.2, 0) is 13.0 Å². The van der Waals surface area contributed by atoms with Crippen molar-refractivity contribution in [1.82, 2.24) is 9.97 Å². The van der Waals surface area contributed by atoms with Crippen LogP contribution in [-0.4, -0.2) is 15.1 Å². The van der Waals surface area contributed by atoms with Crippen molar-refractivity contribution in [3.63, 3.8) is 0 Å². The molecule has 0 spiro atoms. The number of hydrogen-bond acceptors (Lipinski definition) is 4. The van der Waals surface area contributed by atoms with Gasteiger partial charge in [-0.25, -0.2) is 9.97 Å². The molecule has 3 N–H and O–H groups in total. The molecule has 12 heavy (non-hydrogen) atoms. The van der Waals surface area contributed by atoms with Crippen molar-refractivity contribution in [3.8, 4) is 0 Å². The summed E-state index contributed by atoms with van der Waals surface area (Å²) in [6, 6.07) is 0. The summed E-state index contributed by atoms with van der Waals surface area (Å²) in [5.41, 5.74) is 6.07. The molecule has 0 aromatic carbocycles. The minimum atomic E-state index is -0.125. The van der Waals surface area contributed by atoms with Gasteiger partial charge in [0.25, 0.3) is 0 Å². The van der Waals surface area contributed by atoms with Gasteiger partial charge in [0.05, 0.1) is 6.61 Å². The molecule has 0 saturated heterocycles. The Hall–Kier alpha value is -1.42. The highest BCUT2D eigenvalue weighted by molar-refractivity contribution is 5.36. The van der Waals surface area contributed by atoms with E-state index in [-0.39, 0.29) is 6.61 Å². The summed E-state index contributed by atoms with van der Waals surface area (Å²) in [5, 5.41) is 8.76. The molecule has 4 nitrogen and oxygen atoms in total. The zero-order valence-corrected chi connectivity index (χ0v) is 6.70. The molecule has 0 bridgehead atoms. The van der Waals surface area contributed by atoms with Crippen molar-refractivity contribution < 1.29 is 5.11 Å². The van der Waals surface area contributed by atoms with Gasteiger partial charge in [0.1, 0.15) is 11.6 Å². The van der Waals surface area contributed by atoms with Gasteiger partial charge in [-0.2, -0.15) is 0 Å². The van der Waals surface area contributed by atoms with Crippen LogP contribution < -0.4 is 5.73 Å². The number of aliphatic hydroxyl groups excluding tert-OH is 1. The topological polar surface area (TPSA) is 72.0 Å². The van der Waals surface area contributed by atoms with E-state index in [0.717, 1.165) is 0 Å².